The Labute approximate surface area is 170 Å². The van der Waals surface area contributed by atoms with E-state index in [1.54, 1.807) is 18.4 Å². The van der Waals surface area contributed by atoms with Crippen molar-refractivity contribution in [3.63, 3.8) is 0 Å². The third-order valence-electron chi connectivity index (χ3n) is 4.20. The number of halogens is 1. The van der Waals surface area contributed by atoms with Gasteiger partial charge in [0.15, 0.2) is 5.96 Å². The highest BCUT2D eigenvalue weighted by Gasteiger charge is 2.24. The number of hydrogen-bond acceptors (Lipinski definition) is 4. The summed E-state index contributed by atoms with van der Waals surface area (Å²) in [6.45, 7) is 3.54. The lowest BCUT2D eigenvalue weighted by atomic mass is 10.1. The van der Waals surface area contributed by atoms with E-state index in [0.717, 1.165) is 42.8 Å². The Kier molecular flexibility index (Phi) is 8.11. The topological polar surface area (TPSA) is 49.8 Å². The van der Waals surface area contributed by atoms with E-state index in [2.05, 4.69) is 32.7 Å². The van der Waals surface area contributed by atoms with Crippen molar-refractivity contribution in [2.24, 2.45) is 10.9 Å². The summed E-state index contributed by atoms with van der Waals surface area (Å²) in [6.07, 6.45) is 1.16. The number of guanidine groups is 1. The number of benzene rings is 1. The smallest absolute Gasteiger partial charge is 0.193 e. The summed E-state index contributed by atoms with van der Waals surface area (Å²) in [4.78, 5) is 11.4. The van der Waals surface area contributed by atoms with E-state index >= 15 is 0 Å². The zero-order valence-corrected chi connectivity index (χ0v) is 17.8. The van der Waals surface area contributed by atoms with Gasteiger partial charge < -0.3 is 15.0 Å². The fourth-order valence-corrected chi connectivity index (χ4v) is 3.83. The molecule has 0 amide bonds. The van der Waals surface area contributed by atoms with Crippen LogP contribution in [0.25, 0.3) is 10.6 Å². The molecule has 1 fully saturated rings. The second kappa shape index (κ2) is 10.1. The summed E-state index contributed by atoms with van der Waals surface area (Å²) in [5.41, 5.74) is 2.22. The Bertz CT molecular complexity index is 677. The fraction of sp³-hybridized carbons (Fsp3) is 0.444. The van der Waals surface area contributed by atoms with Gasteiger partial charge in [-0.25, -0.2) is 4.98 Å². The first-order valence-corrected chi connectivity index (χ1v) is 9.12. The maximum Gasteiger partial charge on any atom is 0.193 e. The molecule has 1 aromatic heterocycles. The van der Waals surface area contributed by atoms with Crippen LogP contribution in [0.2, 0.25) is 0 Å². The van der Waals surface area contributed by atoms with E-state index in [0.29, 0.717) is 12.5 Å². The van der Waals surface area contributed by atoms with E-state index in [9.17, 15) is 0 Å². The van der Waals surface area contributed by atoms with Crippen LogP contribution < -0.4 is 5.32 Å². The van der Waals surface area contributed by atoms with Crippen LogP contribution >= 0.6 is 35.3 Å². The van der Waals surface area contributed by atoms with E-state index in [1.807, 2.05) is 25.2 Å². The molecule has 1 aliphatic rings. The molecule has 1 unspecified atom stereocenters. The van der Waals surface area contributed by atoms with Gasteiger partial charge in [0, 0.05) is 44.1 Å². The first-order valence-electron chi connectivity index (χ1n) is 8.24. The number of nitrogens with zero attached hydrogens (tertiary/aromatic N) is 3. The van der Waals surface area contributed by atoms with E-state index in [1.165, 1.54) is 5.56 Å². The number of thiazole rings is 1. The molecule has 0 aliphatic carbocycles. The summed E-state index contributed by atoms with van der Waals surface area (Å²) in [6, 6.07) is 10.3. The van der Waals surface area contributed by atoms with Crippen LogP contribution in [0.1, 0.15) is 12.1 Å². The van der Waals surface area contributed by atoms with E-state index < -0.39 is 0 Å². The lowest BCUT2D eigenvalue weighted by Gasteiger charge is -2.21. The van der Waals surface area contributed by atoms with Crippen LogP contribution in [0.15, 0.2) is 40.7 Å². The van der Waals surface area contributed by atoms with Crippen molar-refractivity contribution in [3.8, 4) is 10.6 Å². The van der Waals surface area contributed by atoms with Crippen molar-refractivity contribution >= 4 is 41.3 Å². The van der Waals surface area contributed by atoms with Gasteiger partial charge in [0.25, 0.3) is 0 Å². The molecule has 136 valence electrons. The molecule has 0 radical (unpaired) electrons. The number of aromatic nitrogens is 1. The molecular formula is C18H25IN4OS. The molecule has 7 heteroatoms. The molecule has 1 N–H and O–H groups in total. The van der Waals surface area contributed by atoms with Crippen molar-refractivity contribution in [1.29, 1.82) is 0 Å². The van der Waals surface area contributed by atoms with Gasteiger partial charge in [-0.2, -0.15) is 0 Å². The van der Waals surface area contributed by atoms with Crippen molar-refractivity contribution in [2.45, 2.75) is 13.0 Å². The van der Waals surface area contributed by atoms with Gasteiger partial charge in [0.05, 0.1) is 18.8 Å². The lowest BCUT2D eigenvalue weighted by Crippen LogP contribution is -2.39. The van der Waals surface area contributed by atoms with Gasteiger partial charge in [0.2, 0.25) is 0 Å². The molecule has 2 heterocycles. The number of hydrogen-bond donors (Lipinski definition) is 1. The molecular weight excluding hydrogens is 447 g/mol. The van der Waals surface area contributed by atoms with Crippen LogP contribution in [-0.2, 0) is 11.3 Å². The van der Waals surface area contributed by atoms with Gasteiger partial charge >= 0.3 is 0 Å². The normalized spacial score (nSPS) is 17.4. The average molecular weight is 472 g/mol. The molecule has 0 bridgehead atoms. The fourth-order valence-electron chi connectivity index (χ4n) is 3.00. The largest absolute Gasteiger partial charge is 0.384 e. The third kappa shape index (κ3) is 5.39. The molecule has 0 saturated carbocycles. The Morgan fingerprint density at radius 2 is 2.20 bits per heavy atom. The van der Waals surface area contributed by atoms with Crippen molar-refractivity contribution in [1.82, 2.24) is 15.2 Å². The minimum Gasteiger partial charge on any atom is -0.384 e. The highest BCUT2D eigenvalue weighted by atomic mass is 127. The number of aliphatic imine (C=N–C) groups is 1. The van der Waals surface area contributed by atoms with Crippen molar-refractivity contribution in [2.75, 3.05) is 33.9 Å². The van der Waals surface area contributed by atoms with Crippen LogP contribution in [0, 0.1) is 5.92 Å². The highest BCUT2D eigenvalue weighted by Crippen LogP contribution is 2.23. The number of rotatable bonds is 5. The van der Waals surface area contributed by atoms with Gasteiger partial charge in [-0.15, -0.1) is 35.3 Å². The first kappa shape index (κ1) is 20.1. The van der Waals surface area contributed by atoms with Crippen LogP contribution in [0.5, 0.6) is 0 Å². The molecule has 5 nitrogen and oxygen atoms in total. The molecule has 1 saturated heterocycles. The summed E-state index contributed by atoms with van der Waals surface area (Å²) in [5, 5.41) is 6.60. The SMILES string of the molecule is CN=C(NCc1csc(-c2ccccc2)n1)N1CCC(COC)C1.I. The molecule has 1 aromatic carbocycles. The summed E-state index contributed by atoms with van der Waals surface area (Å²) in [7, 11) is 3.60. The molecule has 0 spiro atoms. The van der Waals surface area contributed by atoms with Gasteiger partial charge in [-0.1, -0.05) is 30.3 Å². The number of likely N-dealkylation sites (tertiary alicyclic amines) is 1. The Balaban J connectivity index is 0.00000225. The van der Waals surface area contributed by atoms with E-state index in [-0.39, 0.29) is 24.0 Å². The third-order valence-corrected chi connectivity index (χ3v) is 5.14. The average Bonchev–Trinajstić information content (AvgIpc) is 3.27. The van der Waals surface area contributed by atoms with Crippen LogP contribution in [0.4, 0.5) is 0 Å². The zero-order valence-electron chi connectivity index (χ0n) is 14.6. The molecule has 2 aromatic rings. The Morgan fingerprint density at radius 1 is 1.40 bits per heavy atom. The standard InChI is InChI=1S/C18H24N4OS.HI/c1-19-18(22-9-8-14(11-22)12-23-2)20-10-16-13-24-17(21-16)15-6-4-3-5-7-15;/h3-7,13-14H,8-12H2,1-2H3,(H,19,20);1H. The summed E-state index contributed by atoms with van der Waals surface area (Å²) >= 11 is 1.68. The number of methoxy groups -OCH3 is 1. The zero-order chi connectivity index (χ0) is 16.8. The second-order valence-corrected chi connectivity index (χ2v) is 6.82. The molecule has 1 atom stereocenters. The highest BCUT2D eigenvalue weighted by molar-refractivity contribution is 14.0. The summed E-state index contributed by atoms with van der Waals surface area (Å²) in [5.74, 6) is 1.54. The molecule has 1 aliphatic heterocycles. The van der Waals surface area contributed by atoms with Gasteiger partial charge in [0.1, 0.15) is 5.01 Å². The number of ether oxygens (including phenoxy) is 1. The van der Waals surface area contributed by atoms with Crippen molar-refractivity contribution < 1.29 is 4.74 Å². The minimum absolute atomic E-state index is 0. The predicted octanol–water partition coefficient (Wildman–Crippen LogP) is 3.47. The quantitative estimate of drug-likeness (QED) is 0.412. The molecule has 3 rings (SSSR count). The first-order chi connectivity index (χ1) is 11.8. The lowest BCUT2D eigenvalue weighted by molar-refractivity contribution is 0.157. The van der Waals surface area contributed by atoms with E-state index in [4.69, 9.17) is 9.72 Å². The van der Waals surface area contributed by atoms with Gasteiger partial charge in [-0.3, -0.25) is 4.99 Å². The molecule has 25 heavy (non-hydrogen) atoms. The van der Waals surface area contributed by atoms with Crippen molar-refractivity contribution in [3.05, 3.63) is 41.4 Å². The second-order valence-electron chi connectivity index (χ2n) is 5.97. The number of nitrogens with one attached hydrogen (secondary N) is 1. The monoisotopic (exact) mass is 472 g/mol. The van der Waals surface area contributed by atoms with Crippen LogP contribution in [-0.4, -0.2) is 49.7 Å². The van der Waals surface area contributed by atoms with Gasteiger partial charge in [-0.05, 0) is 6.42 Å². The predicted molar refractivity (Wildman–Crippen MR) is 115 cm³/mol. The Hall–Kier alpha value is -1.19. The maximum atomic E-state index is 5.27. The summed E-state index contributed by atoms with van der Waals surface area (Å²) < 4.78 is 5.27. The Morgan fingerprint density at radius 3 is 2.92 bits per heavy atom. The van der Waals surface area contributed by atoms with Crippen LogP contribution in [0.3, 0.4) is 0 Å². The minimum atomic E-state index is 0. The maximum absolute atomic E-state index is 5.27.